The van der Waals surface area contributed by atoms with Crippen molar-refractivity contribution < 1.29 is 23.8 Å². The van der Waals surface area contributed by atoms with Crippen molar-refractivity contribution in [2.75, 3.05) is 12.0 Å². The second-order valence-corrected chi connectivity index (χ2v) is 10.3. The number of nitrogens with zero attached hydrogens (tertiary/aromatic N) is 1. The fourth-order valence-corrected chi connectivity index (χ4v) is 4.60. The molecule has 0 aliphatic carbocycles. The number of benzene rings is 3. The molecule has 1 aliphatic heterocycles. The van der Waals surface area contributed by atoms with Gasteiger partial charge in [-0.2, -0.15) is 0 Å². The van der Waals surface area contributed by atoms with Crippen molar-refractivity contribution in [3.05, 3.63) is 98.8 Å². The zero-order chi connectivity index (χ0) is 26.4. The van der Waals surface area contributed by atoms with Crippen molar-refractivity contribution in [3.8, 4) is 5.75 Å². The van der Waals surface area contributed by atoms with Gasteiger partial charge in [0.2, 0.25) is 0 Å². The molecule has 8 heteroatoms. The van der Waals surface area contributed by atoms with Crippen LogP contribution in [0.3, 0.4) is 0 Å². The summed E-state index contributed by atoms with van der Waals surface area (Å²) in [7, 11) is 1.56. The van der Waals surface area contributed by atoms with Crippen molar-refractivity contribution in [1.29, 1.82) is 0 Å². The molecule has 0 spiro atoms. The van der Waals surface area contributed by atoms with E-state index in [9.17, 15) is 19.1 Å². The number of hydrogen-bond acceptors (Lipinski definition) is 4. The average Bonchev–Trinajstić information content (AvgIpc) is 3.10. The molecular formula is C28H24Cl2FNO4. The minimum absolute atomic E-state index is 0.118. The Morgan fingerprint density at radius 1 is 0.972 bits per heavy atom. The molecule has 0 saturated carbocycles. The van der Waals surface area contributed by atoms with E-state index in [1.165, 1.54) is 29.2 Å². The first kappa shape index (κ1) is 25.7. The molecule has 1 saturated heterocycles. The minimum Gasteiger partial charge on any atom is -0.507 e. The van der Waals surface area contributed by atoms with Crippen LogP contribution in [0.15, 0.2) is 66.2 Å². The van der Waals surface area contributed by atoms with Gasteiger partial charge in [0.1, 0.15) is 17.3 Å². The Balaban J connectivity index is 1.97. The highest BCUT2D eigenvalue weighted by Crippen LogP contribution is 2.44. The van der Waals surface area contributed by atoms with Crippen molar-refractivity contribution in [1.82, 2.24) is 0 Å². The average molecular weight is 528 g/mol. The van der Waals surface area contributed by atoms with E-state index in [4.69, 9.17) is 27.9 Å². The fourth-order valence-electron chi connectivity index (χ4n) is 4.30. The van der Waals surface area contributed by atoms with Gasteiger partial charge in [-0.1, -0.05) is 50.0 Å². The minimum atomic E-state index is -1.02. The number of hydrogen-bond donors (Lipinski definition) is 1. The van der Waals surface area contributed by atoms with E-state index in [0.29, 0.717) is 27.6 Å². The predicted molar refractivity (Wildman–Crippen MR) is 139 cm³/mol. The Labute approximate surface area is 218 Å². The van der Waals surface area contributed by atoms with Crippen LogP contribution in [0, 0.1) is 5.82 Å². The highest BCUT2D eigenvalue weighted by atomic mass is 35.5. The molecule has 0 radical (unpaired) electrons. The third-order valence-corrected chi connectivity index (χ3v) is 6.83. The maximum atomic E-state index is 13.6. The highest BCUT2D eigenvalue weighted by molar-refractivity contribution is 6.51. The molecule has 4 rings (SSSR count). The van der Waals surface area contributed by atoms with Crippen LogP contribution in [0.5, 0.6) is 5.75 Å². The molecule has 1 fully saturated rings. The molecular weight excluding hydrogens is 504 g/mol. The maximum Gasteiger partial charge on any atom is 0.300 e. The molecule has 0 aromatic heterocycles. The second-order valence-electron chi connectivity index (χ2n) is 9.48. The largest absolute Gasteiger partial charge is 0.507 e. The van der Waals surface area contributed by atoms with Gasteiger partial charge in [-0.3, -0.25) is 14.5 Å². The Kier molecular flexibility index (Phi) is 6.86. The molecule has 1 heterocycles. The van der Waals surface area contributed by atoms with Gasteiger partial charge in [-0.15, -0.1) is 0 Å². The number of anilines is 1. The monoisotopic (exact) mass is 527 g/mol. The van der Waals surface area contributed by atoms with Crippen LogP contribution in [-0.2, 0) is 15.0 Å². The number of ether oxygens (including phenoxy) is 1. The summed E-state index contributed by atoms with van der Waals surface area (Å²) in [5, 5.41) is 12.0. The molecule has 0 bridgehead atoms. The number of halogens is 3. The molecule has 1 aliphatic rings. The number of ketones is 1. The van der Waals surface area contributed by atoms with E-state index >= 15 is 0 Å². The maximum absolute atomic E-state index is 13.6. The summed E-state index contributed by atoms with van der Waals surface area (Å²) >= 11 is 12.4. The number of amides is 1. The van der Waals surface area contributed by atoms with Gasteiger partial charge in [0.05, 0.1) is 28.8 Å². The number of aliphatic hydroxyl groups excluding tert-OH is 1. The summed E-state index contributed by atoms with van der Waals surface area (Å²) in [6.45, 7) is 5.99. The molecule has 1 N–H and O–H groups in total. The lowest BCUT2D eigenvalue weighted by atomic mass is 9.84. The van der Waals surface area contributed by atoms with Gasteiger partial charge >= 0.3 is 0 Å². The van der Waals surface area contributed by atoms with E-state index in [0.717, 1.165) is 5.56 Å². The summed E-state index contributed by atoms with van der Waals surface area (Å²) in [6, 6.07) is 14.0. The number of methoxy groups -OCH3 is 1. The number of carbonyl (C=O) groups excluding carboxylic acids is 2. The highest BCUT2D eigenvalue weighted by Gasteiger charge is 2.47. The first-order valence-electron chi connectivity index (χ1n) is 11.1. The number of Topliss-reactive ketones (excluding diaryl/α,β-unsaturated/α-hetero) is 1. The Bertz CT molecular complexity index is 1390. The lowest BCUT2D eigenvalue weighted by molar-refractivity contribution is -0.132. The molecule has 186 valence electrons. The summed E-state index contributed by atoms with van der Waals surface area (Å²) in [5.74, 6) is -1.94. The van der Waals surface area contributed by atoms with Crippen LogP contribution in [0.2, 0.25) is 10.0 Å². The molecule has 1 unspecified atom stereocenters. The lowest BCUT2D eigenvalue weighted by Crippen LogP contribution is -2.29. The predicted octanol–water partition coefficient (Wildman–Crippen LogP) is 7.06. The SMILES string of the molecule is COc1ccc(/C(O)=C2/C(=O)C(=O)N(c3ccc(F)cc3)C2c2ccc(Cl)c(Cl)c2)cc1C(C)(C)C. The second kappa shape index (κ2) is 9.60. The number of rotatable bonds is 4. The van der Waals surface area contributed by atoms with Crippen LogP contribution in [0.4, 0.5) is 10.1 Å². The molecule has 1 atom stereocenters. The standard InChI is InChI=1S/C28H24Cl2FNO4/c1-28(2,3)19-13-16(6-12-22(19)36-4)25(33)23-24(15-5-11-20(29)21(30)14-15)32(27(35)26(23)34)18-9-7-17(31)8-10-18/h5-14,24,33H,1-4H3/b25-23-. The van der Waals surface area contributed by atoms with Crippen molar-refractivity contribution >= 4 is 46.3 Å². The van der Waals surface area contributed by atoms with E-state index in [-0.39, 0.29) is 21.8 Å². The zero-order valence-electron chi connectivity index (χ0n) is 20.1. The summed E-state index contributed by atoms with van der Waals surface area (Å²) in [6.07, 6.45) is 0. The summed E-state index contributed by atoms with van der Waals surface area (Å²) < 4.78 is 19.1. The topological polar surface area (TPSA) is 66.8 Å². The molecule has 3 aromatic carbocycles. The van der Waals surface area contributed by atoms with Crippen LogP contribution >= 0.6 is 23.2 Å². The first-order valence-corrected chi connectivity index (χ1v) is 11.9. The molecule has 3 aromatic rings. The van der Waals surface area contributed by atoms with Gasteiger partial charge in [0.15, 0.2) is 0 Å². The number of carbonyl (C=O) groups is 2. The van der Waals surface area contributed by atoms with E-state index in [1.54, 1.807) is 43.5 Å². The lowest BCUT2D eigenvalue weighted by Gasteiger charge is -2.26. The van der Waals surface area contributed by atoms with Gasteiger partial charge < -0.3 is 9.84 Å². The van der Waals surface area contributed by atoms with Gasteiger partial charge in [0, 0.05) is 16.8 Å². The van der Waals surface area contributed by atoms with Crippen molar-refractivity contribution in [2.24, 2.45) is 0 Å². The molecule has 36 heavy (non-hydrogen) atoms. The number of aliphatic hydroxyl groups is 1. The fraction of sp³-hybridized carbons (Fsp3) is 0.214. The third kappa shape index (κ3) is 4.59. The quantitative estimate of drug-likeness (QED) is 0.224. The summed E-state index contributed by atoms with van der Waals surface area (Å²) in [4.78, 5) is 27.8. The van der Waals surface area contributed by atoms with Crippen molar-refractivity contribution in [3.63, 3.8) is 0 Å². The van der Waals surface area contributed by atoms with Crippen LogP contribution in [0.1, 0.15) is 43.5 Å². The van der Waals surface area contributed by atoms with Crippen molar-refractivity contribution in [2.45, 2.75) is 32.2 Å². The van der Waals surface area contributed by atoms with Gasteiger partial charge in [-0.05, 0) is 65.6 Å². The summed E-state index contributed by atoms with van der Waals surface area (Å²) in [5.41, 5.74) is 1.46. The normalized spacial score (nSPS) is 17.5. The van der Waals surface area contributed by atoms with E-state index in [2.05, 4.69) is 0 Å². The van der Waals surface area contributed by atoms with Crippen LogP contribution in [0.25, 0.3) is 5.76 Å². The smallest absolute Gasteiger partial charge is 0.300 e. The van der Waals surface area contributed by atoms with Crippen LogP contribution in [-0.4, -0.2) is 23.9 Å². The zero-order valence-corrected chi connectivity index (χ0v) is 21.6. The van der Waals surface area contributed by atoms with Gasteiger partial charge in [0.25, 0.3) is 11.7 Å². The van der Waals surface area contributed by atoms with E-state index < -0.39 is 23.5 Å². The molecule has 5 nitrogen and oxygen atoms in total. The molecule has 1 amide bonds. The Morgan fingerprint density at radius 2 is 1.64 bits per heavy atom. The Morgan fingerprint density at radius 3 is 2.22 bits per heavy atom. The van der Waals surface area contributed by atoms with Gasteiger partial charge in [-0.25, -0.2) is 4.39 Å². The van der Waals surface area contributed by atoms with E-state index in [1.807, 2.05) is 20.8 Å². The first-order chi connectivity index (χ1) is 16.9. The third-order valence-electron chi connectivity index (χ3n) is 6.09. The van der Waals surface area contributed by atoms with Crippen LogP contribution < -0.4 is 9.64 Å². The Hall–Kier alpha value is -3.35.